The minimum atomic E-state index is 0. The molecule has 0 aromatic rings. The Bertz CT molecular complexity index is 228. The lowest BCUT2D eigenvalue weighted by Crippen LogP contribution is -2.40. The van der Waals surface area contributed by atoms with Gasteiger partial charge >= 0.3 is 0 Å². The van der Waals surface area contributed by atoms with Gasteiger partial charge in [-0.3, -0.25) is 4.90 Å². The van der Waals surface area contributed by atoms with Gasteiger partial charge in [-0.05, 0) is 31.5 Å². The minimum absolute atomic E-state index is 0. The van der Waals surface area contributed by atoms with Crippen LogP contribution in [0.5, 0.6) is 0 Å². The van der Waals surface area contributed by atoms with Gasteiger partial charge in [0.1, 0.15) is 0 Å². The van der Waals surface area contributed by atoms with Crippen molar-refractivity contribution in [2.45, 2.75) is 32.7 Å². The molecule has 0 aliphatic carbocycles. The van der Waals surface area contributed by atoms with E-state index < -0.39 is 0 Å². The second kappa shape index (κ2) is 9.37. The molecule has 94 valence electrons. The van der Waals surface area contributed by atoms with E-state index in [9.17, 15) is 0 Å². The van der Waals surface area contributed by atoms with Crippen molar-refractivity contribution in [3.63, 3.8) is 0 Å². The van der Waals surface area contributed by atoms with Gasteiger partial charge in [0.05, 0.1) is 0 Å². The molecule has 2 heteroatoms. The summed E-state index contributed by atoms with van der Waals surface area (Å²) in [5.74, 6) is 0. The SMILES string of the molecule is C=C/C=C(\C=C)CN1CCC(N)CC1.CC.[HH]. The van der Waals surface area contributed by atoms with E-state index in [0.717, 1.165) is 32.5 Å². The highest BCUT2D eigenvalue weighted by atomic mass is 15.1. The summed E-state index contributed by atoms with van der Waals surface area (Å²) >= 11 is 0. The molecule has 2 nitrogen and oxygen atoms in total. The van der Waals surface area contributed by atoms with Crippen LogP contribution in [0.2, 0.25) is 0 Å². The van der Waals surface area contributed by atoms with Crippen LogP contribution in [0.4, 0.5) is 0 Å². The van der Waals surface area contributed by atoms with Crippen LogP contribution in [-0.4, -0.2) is 30.6 Å². The van der Waals surface area contributed by atoms with E-state index in [1.54, 1.807) is 0 Å². The first-order valence-corrected chi connectivity index (χ1v) is 6.18. The predicted octanol–water partition coefficient (Wildman–Crippen LogP) is 2.98. The number of allylic oxidation sites excluding steroid dienone is 2. The maximum atomic E-state index is 5.84. The fourth-order valence-corrected chi connectivity index (χ4v) is 1.71. The second-order valence-electron chi connectivity index (χ2n) is 3.79. The molecule has 1 saturated heterocycles. The minimum Gasteiger partial charge on any atom is -0.328 e. The normalized spacial score (nSPS) is 18.6. The largest absolute Gasteiger partial charge is 0.328 e. The Morgan fingerprint density at radius 2 is 1.94 bits per heavy atom. The first kappa shape index (κ1) is 15.1. The molecule has 0 amide bonds. The first-order chi connectivity index (χ1) is 7.76. The van der Waals surface area contributed by atoms with Gasteiger partial charge < -0.3 is 5.73 Å². The summed E-state index contributed by atoms with van der Waals surface area (Å²) in [5, 5.41) is 0. The van der Waals surface area contributed by atoms with Crippen molar-refractivity contribution in [3.8, 4) is 0 Å². The highest BCUT2D eigenvalue weighted by molar-refractivity contribution is 5.22. The molecule has 0 atom stereocenters. The van der Waals surface area contributed by atoms with Crippen molar-refractivity contribution >= 4 is 0 Å². The monoisotopic (exact) mass is 224 g/mol. The molecule has 2 N–H and O–H groups in total. The Hall–Kier alpha value is -0.860. The van der Waals surface area contributed by atoms with Crippen LogP contribution in [0.25, 0.3) is 0 Å². The van der Waals surface area contributed by atoms with Crippen LogP contribution in [0.3, 0.4) is 0 Å². The van der Waals surface area contributed by atoms with Crippen LogP contribution >= 0.6 is 0 Å². The highest BCUT2D eigenvalue weighted by Gasteiger charge is 2.15. The number of likely N-dealkylation sites (tertiary alicyclic amines) is 1. The van der Waals surface area contributed by atoms with Crippen molar-refractivity contribution in [3.05, 3.63) is 37.0 Å². The van der Waals surface area contributed by atoms with Gasteiger partial charge in [-0.2, -0.15) is 0 Å². The Morgan fingerprint density at radius 1 is 1.38 bits per heavy atom. The molecule has 0 aromatic heterocycles. The van der Waals surface area contributed by atoms with E-state index in [4.69, 9.17) is 5.73 Å². The first-order valence-electron chi connectivity index (χ1n) is 6.18. The Balaban J connectivity index is 0. The average Bonchev–Trinajstić information content (AvgIpc) is 2.34. The van der Waals surface area contributed by atoms with E-state index in [-0.39, 0.29) is 1.43 Å². The molecule has 1 fully saturated rings. The summed E-state index contributed by atoms with van der Waals surface area (Å²) in [5.41, 5.74) is 7.07. The van der Waals surface area contributed by atoms with Crippen molar-refractivity contribution in [2.75, 3.05) is 19.6 Å². The Kier molecular flexibility index (Phi) is 8.87. The number of hydrogen-bond acceptors (Lipinski definition) is 2. The molecule has 1 rings (SSSR count). The predicted molar refractivity (Wildman–Crippen MR) is 75.6 cm³/mol. The zero-order valence-corrected chi connectivity index (χ0v) is 10.8. The zero-order valence-electron chi connectivity index (χ0n) is 10.8. The van der Waals surface area contributed by atoms with Crippen molar-refractivity contribution in [2.24, 2.45) is 5.73 Å². The molecule has 1 heterocycles. The van der Waals surface area contributed by atoms with Crippen LogP contribution in [0.15, 0.2) is 37.0 Å². The smallest absolute Gasteiger partial charge is 0.0233 e. The zero-order chi connectivity index (χ0) is 12.4. The highest BCUT2D eigenvalue weighted by Crippen LogP contribution is 2.10. The summed E-state index contributed by atoms with van der Waals surface area (Å²) in [6, 6.07) is 0.404. The van der Waals surface area contributed by atoms with Crippen LogP contribution in [0.1, 0.15) is 28.1 Å². The topological polar surface area (TPSA) is 29.3 Å². The molecule has 0 unspecified atom stereocenters. The third-order valence-corrected chi connectivity index (χ3v) is 2.63. The van der Waals surface area contributed by atoms with Gasteiger partial charge in [-0.25, -0.2) is 0 Å². The molecule has 0 saturated carbocycles. The maximum Gasteiger partial charge on any atom is 0.0233 e. The van der Waals surface area contributed by atoms with Gasteiger partial charge in [0, 0.05) is 14.0 Å². The molecule has 0 spiro atoms. The fraction of sp³-hybridized carbons (Fsp3) is 0.571. The molecule has 16 heavy (non-hydrogen) atoms. The van der Waals surface area contributed by atoms with E-state index in [2.05, 4.69) is 18.1 Å². The quantitative estimate of drug-likeness (QED) is 0.744. The van der Waals surface area contributed by atoms with Gasteiger partial charge in [0.15, 0.2) is 0 Å². The fourth-order valence-electron chi connectivity index (χ4n) is 1.71. The van der Waals surface area contributed by atoms with E-state index in [1.807, 2.05) is 32.1 Å². The number of piperidine rings is 1. The number of hydrogen-bond donors (Lipinski definition) is 1. The van der Waals surface area contributed by atoms with Gasteiger partial charge in [-0.15, -0.1) is 0 Å². The average molecular weight is 224 g/mol. The van der Waals surface area contributed by atoms with Crippen LogP contribution in [-0.2, 0) is 0 Å². The summed E-state index contributed by atoms with van der Waals surface area (Å²) < 4.78 is 0. The lowest BCUT2D eigenvalue weighted by molar-refractivity contribution is 0.230. The molecular formula is C14H28N2. The Labute approximate surface area is 102 Å². The van der Waals surface area contributed by atoms with Gasteiger partial charge in [0.25, 0.3) is 0 Å². The van der Waals surface area contributed by atoms with Gasteiger partial charge in [-0.1, -0.05) is 45.2 Å². The third kappa shape index (κ3) is 5.89. The van der Waals surface area contributed by atoms with E-state index in [0.29, 0.717) is 6.04 Å². The molecule has 0 aromatic carbocycles. The van der Waals surface area contributed by atoms with Crippen molar-refractivity contribution in [1.29, 1.82) is 0 Å². The second-order valence-corrected chi connectivity index (χ2v) is 3.79. The number of nitrogens with zero attached hydrogens (tertiary/aromatic N) is 1. The summed E-state index contributed by atoms with van der Waals surface area (Å²) in [7, 11) is 0. The molecular weight excluding hydrogens is 196 g/mol. The summed E-state index contributed by atoms with van der Waals surface area (Å²) in [6.45, 7) is 14.7. The van der Waals surface area contributed by atoms with Gasteiger partial charge in [0.2, 0.25) is 0 Å². The number of nitrogens with two attached hydrogens (primary N) is 1. The lowest BCUT2D eigenvalue weighted by atomic mass is 10.1. The lowest BCUT2D eigenvalue weighted by Gasteiger charge is -2.30. The van der Waals surface area contributed by atoms with Crippen LogP contribution < -0.4 is 5.73 Å². The van der Waals surface area contributed by atoms with E-state index >= 15 is 0 Å². The summed E-state index contributed by atoms with van der Waals surface area (Å²) in [6.07, 6.45) is 7.95. The van der Waals surface area contributed by atoms with Crippen molar-refractivity contribution < 1.29 is 1.43 Å². The molecule has 0 radical (unpaired) electrons. The molecule has 1 aliphatic rings. The van der Waals surface area contributed by atoms with Crippen LogP contribution in [0, 0.1) is 0 Å². The maximum absolute atomic E-state index is 5.84. The molecule has 1 aliphatic heterocycles. The standard InChI is InChI=1S/C12H20N2.C2H6.H2/c1-3-5-11(4-2)10-14-8-6-12(13)7-9-14;1-2;/h3-5,12H,1-2,6-10,13H2;1-2H3;1H/b11-5+;;. The summed E-state index contributed by atoms with van der Waals surface area (Å²) in [4.78, 5) is 2.42. The molecule has 0 bridgehead atoms. The number of rotatable bonds is 4. The third-order valence-electron chi connectivity index (χ3n) is 2.63. The van der Waals surface area contributed by atoms with Crippen molar-refractivity contribution in [1.82, 2.24) is 4.90 Å². The van der Waals surface area contributed by atoms with E-state index in [1.165, 1.54) is 5.57 Å². The Morgan fingerprint density at radius 3 is 2.38 bits per heavy atom.